The second kappa shape index (κ2) is 8.11. The molecule has 0 amide bonds. The Bertz CT molecular complexity index is 1250. The normalized spacial score (nSPS) is 11.4. The molecule has 0 aliphatic heterocycles. The van der Waals surface area contributed by atoms with Crippen molar-refractivity contribution in [3.8, 4) is 22.3 Å². The first kappa shape index (κ1) is 19.7. The van der Waals surface area contributed by atoms with Crippen molar-refractivity contribution in [1.29, 1.82) is 0 Å². The highest BCUT2D eigenvalue weighted by Gasteiger charge is 2.13. The van der Waals surface area contributed by atoms with Crippen LogP contribution in [0, 0.1) is 0 Å². The van der Waals surface area contributed by atoms with Crippen LogP contribution < -0.4 is 0 Å². The van der Waals surface area contributed by atoms with Gasteiger partial charge < -0.3 is 4.57 Å². The molecule has 0 saturated heterocycles. The van der Waals surface area contributed by atoms with Crippen LogP contribution in [0.25, 0.3) is 44.1 Å². The monoisotopic (exact) mass is 493 g/mol. The molecule has 4 heteroatoms. The van der Waals surface area contributed by atoms with Crippen molar-refractivity contribution in [1.82, 2.24) is 4.57 Å². The fraction of sp³-hybridized carbons (Fsp3) is 0.0769. The molecule has 1 heterocycles. The average molecular weight is 495 g/mol. The smallest absolute Gasteiger partial charge is 0.0492 e. The van der Waals surface area contributed by atoms with E-state index in [1.807, 2.05) is 24.3 Å². The number of rotatable bonds is 4. The number of nitrogens with zero attached hydrogens (tertiary/aromatic N) is 1. The van der Waals surface area contributed by atoms with Crippen LogP contribution in [0.4, 0.5) is 0 Å². The van der Waals surface area contributed by atoms with Gasteiger partial charge in [0.2, 0.25) is 0 Å². The van der Waals surface area contributed by atoms with Crippen LogP contribution in [-0.2, 0) is 6.54 Å². The average Bonchev–Trinajstić information content (AvgIpc) is 3.07. The van der Waals surface area contributed by atoms with Gasteiger partial charge in [0.1, 0.15) is 0 Å². The maximum Gasteiger partial charge on any atom is 0.0492 e. The van der Waals surface area contributed by atoms with E-state index >= 15 is 0 Å². The number of hydrogen-bond acceptors (Lipinski definition) is 0. The largest absolute Gasteiger partial charge is 0.340 e. The summed E-state index contributed by atoms with van der Waals surface area (Å²) in [5.74, 6) is 0. The van der Waals surface area contributed by atoms with Gasteiger partial charge in [-0.3, -0.25) is 0 Å². The summed E-state index contributed by atoms with van der Waals surface area (Å²) in [6.07, 6.45) is 0. The maximum absolute atomic E-state index is 6.08. The van der Waals surface area contributed by atoms with E-state index < -0.39 is 0 Å². The van der Waals surface area contributed by atoms with Gasteiger partial charge in [0.05, 0.1) is 0 Å². The minimum Gasteiger partial charge on any atom is -0.340 e. The molecule has 30 heavy (non-hydrogen) atoms. The fourth-order valence-electron chi connectivity index (χ4n) is 4.07. The van der Waals surface area contributed by atoms with E-state index in [0.717, 1.165) is 33.0 Å². The summed E-state index contributed by atoms with van der Waals surface area (Å²) in [5, 5.41) is 4.93. The van der Waals surface area contributed by atoms with Crippen LogP contribution in [0.3, 0.4) is 0 Å². The summed E-state index contributed by atoms with van der Waals surface area (Å²) in [5.41, 5.74) is 7.20. The molecule has 0 aliphatic carbocycles. The predicted molar refractivity (Wildman–Crippen MR) is 134 cm³/mol. The number of fused-ring (bicyclic) bond motifs is 3. The Hall–Kier alpha value is -2.26. The Kier molecular flexibility index (Phi) is 5.32. The van der Waals surface area contributed by atoms with Crippen LogP contribution in [0.1, 0.15) is 0 Å². The van der Waals surface area contributed by atoms with Crippen molar-refractivity contribution < 1.29 is 0 Å². The Morgan fingerprint density at radius 1 is 0.567 bits per heavy atom. The van der Waals surface area contributed by atoms with Gasteiger partial charge in [-0.25, -0.2) is 0 Å². The fourth-order valence-corrected chi connectivity index (χ4v) is 4.68. The van der Waals surface area contributed by atoms with Crippen LogP contribution in [0.2, 0.25) is 10.0 Å². The van der Waals surface area contributed by atoms with E-state index in [9.17, 15) is 0 Å². The molecule has 1 nitrogen and oxygen atoms in total. The van der Waals surface area contributed by atoms with E-state index in [4.69, 9.17) is 23.2 Å². The highest BCUT2D eigenvalue weighted by atomic mass is 79.9. The van der Waals surface area contributed by atoms with Gasteiger partial charge in [-0.05, 0) is 70.8 Å². The number of benzene rings is 4. The van der Waals surface area contributed by atoms with Crippen LogP contribution >= 0.6 is 39.1 Å². The first-order chi connectivity index (χ1) is 14.6. The Labute approximate surface area is 194 Å². The number of alkyl halides is 1. The standard InChI is InChI=1S/C26H18BrCl2N/c27-13-14-30-25-11-5-19(17-1-7-21(28)8-2-17)15-23(25)24-16-20(6-12-26(24)30)18-3-9-22(29)10-4-18/h1-12,15-16H,13-14H2. The van der Waals surface area contributed by atoms with E-state index in [2.05, 4.69) is 81.2 Å². The van der Waals surface area contributed by atoms with E-state index in [-0.39, 0.29) is 0 Å². The number of aromatic nitrogens is 1. The Morgan fingerprint density at radius 3 is 1.37 bits per heavy atom. The van der Waals surface area contributed by atoms with Crippen molar-refractivity contribution >= 4 is 60.9 Å². The molecule has 0 aliphatic rings. The highest BCUT2D eigenvalue weighted by Crippen LogP contribution is 2.35. The zero-order valence-electron chi connectivity index (χ0n) is 16.1. The molecule has 0 radical (unpaired) electrons. The van der Waals surface area contributed by atoms with Crippen molar-refractivity contribution in [2.75, 3.05) is 5.33 Å². The second-order valence-corrected chi connectivity index (χ2v) is 8.98. The maximum atomic E-state index is 6.08. The lowest BCUT2D eigenvalue weighted by atomic mass is 10.0. The first-order valence-electron chi connectivity index (χ1n) is 9.78. The van der Waals surface area contributed by atoms with Crippen LogP contribution in [0.5, 0.6) is 0 Å². The number of aryl methyl sites for hydroxylation is 1. The SMILES string of the molecule is Clc1ccc(-c2ccc3c(c2)c2cc(-c4ccc(Cl)cc4)ccc2n3CCBr)cc1. The molecule has 0 spiro atoms. The zero-order chi connectivity index (χ0) is 20.7. The molecular weight excluding hydrogens is 477 g/mol. The van der Waals surface area contributed by atoms with Gasteiger partial charge in [-0.1, -0.05) is 75.5 Å². The lowest BCUT2D eigenvalue weighted by Crippen LogP contribution is -1.98. The number of hydrogen-bond donors (Lipinski definition) is 0. The van der Waals surface area contributed by atoms with Crippen molar-refractivity contribution in [2.24, 2.45) is 0 Å². The van der Waals surface area contributed by atoms with E-state index in [1.54, 1.807) is 0 Å². The van der Waals surface area contributed by atoms with Gasteiger partial charge >= 0.3 is 0 Å². The minimum absolute atomic E-state index is 0.751. The van der Waals surface area contributed by atoms with E-state index in [0.29, 0.717) is 0 Å². The summed E-state index contributed by atoms with van der Waals surface area (Å²) in [7, 11) is 0. The lowest BCUT2D eigenvalue weighted by molar-refractivity contribution is 0.843. The quantitative estimate of drug-likeness (QED) is 0.220. The van der Waals surface area contributed by atoms with Crippen molar-refractivity contribution in [3.05, 3.63) is 95.0 Å². The Morgan fingerprint density at radius 2 is 0.967 bits per heavy atom. The molecule has 0 bridgehead atoms. The van der Waals surface area contributed by atoms with Gasteiger partial charge in [0.15, 0.2) is 0 Å². The summed E-state index contributed by atoms with van der Waals surface area (Å²) in [6, 6.07) is 29.4. The van der Waals surface area contributed by atoms with Crippen LogP contribution in [0.15, 0.2) is 84.9 Å². The van der Waals surface area contributed by atoms with Crippen LogP contribution in [-0.4, -0.2) is 9.90 Å². The van der Waals surface area contributed by atoms with Gasteiger partial charge in [-0.15, -0.1) is 0 Å². The Balaban J connectivity index is 1.74. The third-order valence-corrected chi connectivity index (χ3v) is 6.39. The molecular formula is C26H18BrCl2N. The minimum atomic E-state index is 0.751. The molecule has 0 saturated carbocycles. The summed E-state index contributed by atoms with van der Waals surface area (Å²) < 4.78 is 2.39. The van der Waals surface area contributed by atoms with Crippen molar-refractivity contribution in [2.45, 2.75) is 6.54 Å². The van der Waals surface area contributed by atoms with Gasteiger partial charge in [0, 0.05) is 43.7 Å². The third kappa shape index (κ3) is 3.54. The topological polar surface area (TPSA) is 4.93 Å². The highest BCUT2D eigenvalue weighted by molar-refractivity contribution is 9.09. The van der Waals surface area contributed by atoms with Gasteiger partial charge in [-0.2, -0.15) is 0 Å². The molecule has 0 unspecified atom stereocenters. The summed E-state index contributed by atoms with van der Waals surface area (Å²) >= 11 is 15.8. The molecule has 148 valence electrons. The molecule has 5 aromatic rings. The van der Waals surface area contributed by atoms with Crippen molar-refractivity contribution in [3.63, 3.8) is 0 Å². The second-order valence-electron chi connectivity index (χ2n) is 7.32. The van der Waals surface area contributed by atoms with E-state index in [1.165, 1.54) is 32.9 Å². The zero-order valence-corrected chi connectivity index (χ0v) is 19.2. The molecule has 4 aromatic carbocycles. The molecule has 0 atom stereocenters. The van der Waals surface area contributed by atoms with Gasteiger partial charge in [0.25, 0.3) is 0 Å². The molecule has 0 fully saturated rings. The number of halogens is 3. The lowest BCUT2D eigenvalue weighted by Gasteiger charge is -2.06. The summed E-state index contributed by atoms with van der Waals surface area (Å²) in [4.78, 5) is 0. The third-order valence-electron chi connectivity index (χ3n) is 5.53. The molecule has 0 N–H and O–H groups in total. The molecule has 5 rings (SSSR count). The molecule has 1 aromatic heterocycles. The predicted octanol–water partition coefficient (Wildman–Crippen LogP) is 8.83. The first-order valence-corrected chi connectivity index (χ1v) is 11.7. The summed E-state index contributed by atoms with van der Waals surface area (Å²) in [6.45, 7) is 0.917.